The highest BCUT2D eigenvalue weighted by atomic mass is 32.2. The number of sulfone groups is 1. The quantitative estimate of drug-likeness (QED) is 0.864. The van der Waals surface area contributed by atoms with E-state index in [-0.39, 0.29) is 11.8 Å². The second kappa shape index (κ2) is 6.22. The van der Waals surface area contributed by atoms with E-state index in [0.29, 0.717) is 11.4 Å². The third-order valence-corrected chi connectivity index (χ3v) is 4.59. The van der Waals surface area contributed by atoms with Crippen LogP contribution in [0.15, 0.2) is 41.3 Å². The van der Waals surface area contributed by atoms with Crippen molar-refractivity contribution < 1.29 is 13.2 Å². The number of amides is 1. The predicted octanol–water partition coefficient (Wildman–Crippen LogP) is 2.06. The van der Waals surface area contributed by atoms with Gasteiger partial charge in [0, 0.05) is 18.7 Å². The molecule has 5 heteroatoms. The third kappa shape index (κ3) is 3.93. The van der Waals surface area contributed by atoms with Crippen LogP contribution < -0.4 is 5.32 Å². The van der Waals surface area contributed by atoms with Crippen molar-refractivity contribution in [3.05, 3.63) is 42.0 Å². The van der Waals surface area contributed by atoms with Gasteiger partial charge in [0.15, 0.2) is 9.84 Å². The predicted molar refractivity (Wildman–Crippen MR) is 77.9 cm³/mol. The van der Waals surface area contributed by atoms with E-state index in [2.05, 4.69) is 17.5 Å². The molecule has 0 fully saturated rings. The van der Waals surface area contributed by atoms with Gasteiger partial charge in [0.1, 0.15) is 0 Å². The van der Waals surface area contributed by atoms with Gasteiger partial charge in [-0.3, -0.25) is 4.79 Å². The Bertz CT molecular complexity index is 603. The maximum atomic E-state index is 12.0. The van der Waals surface area contributed by atoms with Gasteiger partial charge in [0.2, 0.25) is 5.91 Å². The fourth-order valence-electron chi connectivity index (χ4n) is 2.22. The highest BCUT2D eigenvalue weighted by molar-refractivity contribution is 7.90. The summed E-state index contributed by atoms with van der Waals surface area (Å²) in [5, 5.41) is 2.90. The molecule has 0 aliphatic heterocycles. The Morgan fingerprint density at radius 1 is 1.25 bits per heavy atom. The molecule has 4 nitrogen and oxygen atoms in total. The highest BCUT2D eigenvalue weighted by Gasteiger charge is 2.18. The molecule has 0 aromatic heterocycles. The lowest BCUT2D eigenvalue weighted by molar-refractivity contribution is -0.125. The molecule has 0 heterocycles. The molecule has 1 N–H and O–H groups in total. The molecule has 20 heavy (non-hydrogen) atoms. The van der Waals surface area contributed by atoms with Gasteiger partial charge in [0.05, 0.1) is 4.90 Å². The zero-order valence-corrected chi connectivity index (χ0v) is 12.3. The molecule has 1 aromatic carbocycles. The normalized spacial score (nSPS) is 18.8. The number of benzene rings is 1. The lowest BCUT2D eigenvalue weighted by Gasteiger charge is -2.17. The van der Waals surface area contributed by atoms with Gasteiger partial charge >= 0.3 is 0 Å². The van der Waals surface area contributed by atoms with Crippen LogP contribution in [-0.4, -0.2) is 20.6 Å². The summed E-state index contributed by atoms with van der Waals surface area (Å²) in [5.74, 6) is 0.136. The van der Waals surface area contributed by atoms with Crippen LogP contribution in [-0.2, 0) is 21.2 Å². The molecule has 0 unspecified atom stereocenters. The van der Waals surface area contributed by atoms with Crippen LogP contribution >= 0.6 is 0 Å². The van der Waals surface area contributed by atoms with Crippen molar-refractivity contribution in [1.82, 2.24) is 5.32 Å². The smallest absolute Gasteiger partial charge is 0.223 e. The standard InChI is InChI=1S/C15H19NO3S/c1-20(18,19)14-9-7-12(8-10-14)11-16-15(17)13-5-3-2-4-6-13/h2-3,7-10,13H,4-6,11H2,1H3,(H,16,17)/t13-/m1/s1. The molecule has 0 saturated carbocycles. The summed E-state index contributed by atoms with van der Waals surface area (Å²) >= 11 is 0. The lowest BCUT2D eigenvalue weighted by Crippen LogP contribution is -2.30. The van der Waals surface area contributed by atoms with Crippen LogP contribution in [0.3, 0.4) is 0 Å². The Balaban J connectivity index is 1.91. The fourth-order valence-corrected chi connectivity index (χ4v) is 2.85. The molecule has 108 valence electrons. The largest absolute Gasteiger partial charge is 0.352 e. The number of rotatable bonds is 4. The van der Waals surface area contributed by atoms with Crippen LogP contribution in [0.2, 0.25) is 0 Å². The van der Waals surface area contributed by atoms with Crippen LogP contribution in [0.1, 0.15) is 24.8 Å². The Morgan fingerprint density at radius 2 is 1.95 bits per heavy atom. The summed E-state index contributed by atoms with van der Waals surface area (Å²) in [5.41, 5.74) is 0.900. The minimum Gasteiger partial charge on any atom is -0.352 e. The van der Waals surface area contributed by atoms with E-state index in [1.54, 1.807) is 24.3 Å². The molecule has 1 aliphatic carbocycles. The van der Waals surface area contributed by atoms with Crippen molar-refractivity contribution in [2.75, 3.05) is 6.26 Å². The van der Waals surface area contributed by atoms with Gasteiger partial charge in [-0.25, -0.2) is 8.42 Å². The van der Waals surface area contributed by atoms with Crippen molar-refractivity contribution >= 4 is 15.7 Å². The van der Waals surface area contributed by atoms with Crippen LogP contribution in [0.4, 0.5) is 0 Å². The van der Waals surface area contributed by atoms with E-state index >= 15 is 0 Å². The zero-order valence-electron chi connectivity index (χ0n) is 11.5. The topological polar surface area (TPSA) is 63.2 Å². The van der Waals surface area contributed by atoms with E-state index in [0.717, 1.165) is 24.8 Å². The molecule has 0 radical (unpaired) electrons. The average Bonchev–Trinajstić information content (AvgIpc) is 2.45. The second-order valence-electron chi connectivity index (χ2n) is 5.12. The van der Waals surface area contributed by atoms with E-state index in [4.69, 9.17) is 0 Å². The number of allylic oxidation sites excluding steroid dienone is 2. The van der Waals surface area contributed by atoms with Gasteiger partial charge in [-0.2, -0.15) is 0 Å². The third-order valence-electron chi connectivity index (χ3n) is 3.46. The number of hydrogen-bond acceptors (Lipinski definition) is 3. The Hall–Kier alpha value is -1.62. The van der Waals surface area contributed by atoms with Crippen LogP contribution in [0, 0.1) is 5.92 Å². The summed E-state index contributed by atoms with van der Waals surface area (Å²) in [6, 6.07) is 6.61. The molecule has 0 spiro atoms. The summed E-state index contributed by atoms with van der Waals surface area (Å²) in [7, 11) is -3.16. The first kappa shape index (κ1) is 14.8. The Morgan fingerprint density at radius 3 is 2.50 bits per heavy atom. The van der Waals surface area contributed by atoms with Gasteiger partial charge in [-0.05, 0) is 37.0 Å². The van der Waals surface area contributed by atoms with Gasteiger partial charge < -0.3 is 5.32 Å². The minimum absolute atomic E-state index is 0.0651. The first-order chi connectivity index (χ1) is 9.47. The molecular formula is C15H19NO3S. The number of carbonyl (C=O) groups excluding carboxylic acids is 1. The molecule has 1 amide bonds. The molecular weight excluding hydrogens is 274 g/mol. The summed E-state index contributed by atoms with van der Waals surface area (Å²) < 4.78 is 22.7. The van der Waals surface area contributed by atoms with Crippen molar-refractivity contribution in [3.8, 4) is 0 Å². The molecule has 2 rings (SSSR count). The average molecular weight is 293 g/mol. The number of hydrogen-bond donors (Lipinski definition) is 1. The molecule has 0 saturated heterocycles. The van der Waals surface area contributed by atoms with E-state index in [1.165, 1.54) is 6.26 Å². The van der Waals surface area contributed by atoms with Gasteiger partial charge in [-0.15, -0.1) is 0 Å². The molecule has 0 bridgehead atoms. The lowest BCUT2D eigenvalue weighted by atomic mass is 9.93. The minimum atomic E-state index is -3.16. The second-order valence-corrected chi connectivity index (χ2v) is 7.13. The van der Waals surface area contributed by atoms with Crippen LogP contribution in [0.25, 0.3) is 0 Å². The van der Waals surface area contributed by atoms with Crippen molar-refractivity contribution in [1.29, 1.82) is 0 Å². The number of nitrogens with one attached hydrogen (secondary N) is 1. The van der Waals surface area contributed by atoms with E-state index in [1.807, 2.05) is 0 Å². The fraction of sp³-hybridized carbons (Fsp3) is 0.400. The summed E-state index contributed by atoms with van der Waals surface area (Å²) in [6.45, 7) is 0.434. The van der Waals surface area contributed by atoms with Gasteiger partial charge in [0.25, 0.3) is 0 Å². The highest BCUT2D eigenvalue weighted by Crippen LogP contribution is 2.18. The first-order valence-electron chi connectivity index (χ1n) is 6.68. The van der Waals surface area contributed by atoms with Crippen molar-refractivity contribution in [3.63, 3.8) is 0 Å². The Labute approximate surface area is 119 Å². The molecule has 1 aromatic rings. The summed E-state index contributed by atoms with van der Waals surface area (Å²) in [6.07, 6.45) is 8.00. The summed E-state index contributed by atoms with van der Waals surface area (Å²) in [4.78, 5) is 12.3. The monoisotopic (exact) mass is 293 g/mol. The van der Waals surface area contributed by atoms with Crippen LogP contribution in [0.5, 0.6) is 0 Å². The van der Waals surface area contributed by atoms with E-state index < -0.39 is 9.84 Å². The van der Waals surface area contributed by atoms with Crippen molar-refractivity contribution in [2.45, 2.75) is 30.7 Å². The zero-order chi connectivity index (χ0) is 14.6. The van der Waals surface area contributed by atoms with Crippen molar-refractivity contribution in [2.24, 2.45) is 5.92 Å². The Kier molecular flexibility index (Phi) is 4.60. The SMILES string of the molecule is CS(=O)(=O)c1ccc(CNC(=O)[C@@H]2CC=CCC2)cc1. The number of carbonyl (C=O) groups is 1. The molecule has 1 atom stereocenters. The molecule has 1 aliphatic rings. The first-order valence-corrected chi connectivity index (χ1v) is 8.57. The van der Waals surface area contributed by atoms with E-state index in [9.17, 15) is 13.2 Å². The maximum absolute atomic E-state index is 12.0. The van der Waals surface area contributed by atoms with Gasteiger partial charge in [-0.1, -0.05) is 24.3 Å². The maximum Gasteiger partial charge on any atom is 0.223 e.